The van der Waals surface area contributed by atoms with E-state index in [-0.39, 0.29) is 5.97 Å². The van der Waals surface area contributed by atoms with Gasteiger partial charge in [-0.1, -0.05) is 12.1 Å². The molecule has 6 heteroatoms. The van der Waals surface area contributed by atoms with E-state index < -0.39 is 0 Å². The van der Waals surface area contributed by atoms with E-state index in [0.29, 0.717) is 37.0 Å². The summed E-state index contributed by atoms with van der Waals surface area (Å²) in [5, 5.41) is 3.88. The Morgan fingerprint density at radius 1 is 1.47 bits per heavy atom. The standard InChI is InChI=1S/C13H17N3O3/c1-4-11-14-10(15-19-11)8-16-7-6-9(3)12(16)13(17)18-5-2/h6-7H,4-5,8H2,1-3H3. The van der Waals surface area contributed by atoms with Crippen LogP contribution in [0.4, 0.5) is 0 Å². The Balaban J connectivity index is 2.23. The van der Waals surface area contributed by atoms with Gasteiger partial charge in [-0.25, -0.2) is 4.79 Å². The van der Waals surface area contributed by atoms with Crippen LogP contribution >= 0.6 is 0 Å². The second kappa shape index (κ2) is 5.69. The molecule has 2 rings (SSSR count). The van der Waals surface area contributed by atoms with Gasteiger partial charge in [-0.2, -0.15) is 4.98 Å². The molecule has 19 heavy (non-hydrogen) atoms. The molecule has 0 amide bonds. The Kier molecular flexibility index (Phi) is 3.99. The SMILES string of the molecule is CCOC(=O)c1c(C)ccn1Cc1noc(CC)n1. The molecular weight excluding hydrogens is 246 g/mol. The highest BCUT2D eigenvalue weighted by molar-refractivity contribution is 5.89. The van der Waals surface area contributed by atoms with Crippen LogP contribution in [-0.2, 0) is 17.7 Å². The van der Waals surface area contributed by atoms with Gasteiger partial charge in [0.1, 0.15) is 5.69 Å². The van der Waals surface area contributed by atoms with Crippen LogP contribution in [-0.4, -0.2) is 27.3 Å². The van der Waals surface area contributed by atoms with E-state index >= 15 is 0 Å². The summed E-state index contributed by atoms with van der Waals surface area (Å²) in [6, 6.07) is 1.87. The third-order valence-electron chi connectivity index (χ3n) is 2.76. The molecule has 6 nitrogen and oxygen atoms in total. The minimum absolute atomic E-state index is 0.329. The number of carbonyl (C=O) groups is 1. The minimum atomic E-state index is -0.329. The van der Waals surface area contributed by atoms with Gasteiger partial charge in [-0.05, 0) is 25.5 Å². The van der Waals surface area contributed by atoms with Gasteiger partial charge in [0.25, 0.3) is 0 Å². The average molecular weight is 263 g/mol. The summed E-state index contributed by atoms with van der Waals surface area (Å²) in [5.41, 5.74) is 1.40. The molecule has 0 aliphatic heterocycles. The van der Waals surface area contributed by atoms with Crippen molar-refractivity contribution in [2.45, 2.75) is 33.7 Å². The summed E-state index contributed by atoms with van der Waals surface area (Å²) in [4.78, 5) is 16.1. The smallest absolute Gasteiger partial charge is 0.355 e. The van der Waals surface area contributed by atoms with Crippen LogP contribution in [0.3, 0.4) is 0 Å². The lowest BCUT2D eigenvalue weighted by Crippen LogP contribution is -2.14. The Morgan fingerprint density at radius 3 is 2.89 bits per heavy atom. The summed E-state index contributed by atoms with van der Waals surface area (Å²) >= 11 is 0. The van der Waals surface area contributed by atoms with Crippen molar-refractivity contribution in [2.75, 3.05) is 6.61 Å². The molecule has 0 saturated carbocycles. The summed E-state index contributed by atoms with van der Waals surface area (Å²) < 4.78 is 11.9. The van der Waals surface area contributed by atoms with Gasteiger partial charge < -0.3 is 13.8 Å². The van der Waals surface area contributed by atoms with E-state index in [1.54, 1.807) is 11.5 Å². The van der Waals surface area contributed by atoms with Gasteiger partial charge in [0.2, 0.25) is 5.89 Å². The van der Waals surface area contributed by atoms with Crippen molar-refractivity contribution >= 4 is 5.97 Å². The first-order chi connectivity index (χ1) is 9.15. The topological polar surface area (TPSA) is 70.2 Å². The Labute approximate surface area is 111 Å². The number of aryl methyl sites for hydroxylation is 2. The second-order valence-electron chi connectivity index (χ2n) is 4.15. The fourth-order valence-corrected chi connectivity index (χ4v) is 1.84. The predicted molar refractivity (Wildman–Crippen MR) is 67.9 cm³/mol. The number of hydrogen-bond acceptors (Lipinski definition) is 5. The average Bonchev–Trinajstić information content (AvgIpc) is 2.97. The Morgan fingerprint density at radius 2 is 2.26 bits per heavy atom. The van der Waals surface area contributed by atoms with Crippen molar-refractivity contribution in [1.82, 2.24) is 14.7 Å². The number of ether oxygens (including phenoxy) is 1. The highest BCUT2D eigenvalue weighted by atomic mass is 16.5. The van der Waals surface area contributed by atoms with E-state index in [2.05, 4.69) is 10.1 Å². The van der Waals surface area contributed by atoms with Gasteiger partial charge in [-0.15, -0.1) is 0 Å². The summed E-state index contributed by atoms with van der Waals surface area (Å²) in [6.07, 6.45) is 2.52. The molecule has 0 N–H and O–H groups in total. The molecule has 0 unspecified atom stereocenters. The number of hydrogen-bond donors (Lipinski definition) is 0. The van der Waals surface area contributed by atoms with Gasteiger partial charge in [0, 0.05) is 12.6 Å². The molecule has 2 aromatic heterocycles. The summed E-state index contributed by atoms with van der Waals surface area (Å²) in [5.74, 6) is 0.818. The van der Waals surface area contributed by atoms with Crippen molar-refractivity contribution in [2.24, 2.45) is 0 Å². The lowest BCUT2D eigenvalue weighted by Gasteiger charge is -2.07. The fraction of sp³-hybridized carbons (Fsp3) is 0.462. The van der Waals surface area contributed by atoms with E-state index in [9.17, 15) is 4.79 Å². The predicted octanol–water partition coefficient (Wildman–Crippen LogP) is 1.97. The van der Waals surface area contributed by atoms with E-state index in [1.165, 1.54) is 0 Å². The zero-order valence-electron chi connectivity index (χ0n) is 11.3. The van der Waals surface area contributed by atoms with Crippen molar-refractivity contribution in [3.8, 4) is 0 Å². The first-order valence-electron chi connectivity index (χ1n) is 6.30. The van der Waals surface area contributed by atoms with Gasteiger partial charge in [-0.3, -0.25) is 0 Å². The zero-order chi connectivity index (χ0) is 13.8. The zero-order valence-corrected chi connectivity index (χ0v) is 11.3. The molecule has 0 aliphatic carbocycles. The van der Waals surface area contributed by atoms with Crippen LogP contribution in [0.2, 0.25) is 0 Å². The number of nitrogens with zero attached hydrogens (tertiary/aromatic N) is 3. The van der Waals surface area contributed by atoms with Gasteiger partial charge in [0.05, 0.1) is 13.2 Å². The number of esters is 1. The maximum absolute atomic E-state index is 11.9. The monoisotopic (exact) mass is 263 g/mol. The Hall–Kier alpha value is -2.11. The largest absolute Gasteiger partial charge is 0.461 e. The summed E-state index contributed by atoms with van der Waals surface area (Å²) in [6.45, 7) is 6.35. The van der Waals surface area contributed by atoms with Crippen LogP contribution in [0.5, 0.6) is 0 Å². The first-order valence-corrected chi connectivity index (χ1v) is 6.30. The van der Waals surface area contributed by atoms with Crippen LogP contribution < -0.4 is 0 Å². The van der Waals surface area contributed by atoms with Crippen molar-refractivity contribution in [1.29, 1.82) is 0 Å². The maximum atomic E-state index is 11.9. The molecule has 2 heterocycles. The molecule has 102 valence electrons. The number of rotatable bonds is 5. The van der Waals surface area contributed by atoms with E-state index in [0.717, 1.165) is 5.56 Å². The lowest BCUT2D eigenvalue weighted by molar-refractivity contribution is 0.0513. The van der Waals surface area contributed by atoms with Gasteiger partial charge >= 0.3 is 5.97 Å². The first kappa shape index (κ1) is 13.3. The lowest BCUT2D eigenvalue weighted by atomic mass is 10.3. The number of carbonyl (C=O) groups excluding carboxylic acids is 1. The van der Waals surface area contributed by atoms with Crippen LogP contribution in [0.1, 0.15) is 41.6 Å². The molecule has 2 aromatic rings. The molecule has 0 spiro atoms. The summed E-state index contributed by atoms with van der Waals surface area (Å²) in [7, 11) is 0. The third kappa shape index (κ3) is 2.83. The van der Waals surface area contributed by atoms with Crippen LogP contribution in [0.15, 0.2) is 16.8 Å². The van der Waals surface area contributed by atoms with E-state index in [4.69, 9.17) is 9.26 Å². The number of aromatic nitrogens is 3. The molecule has 0 saturated heterocycles. The van der Waals surface area contributed by atoms with E-state index in [1.807, 2.05) is 26.1 Å². The Bertz CT molecular complexity index is 571. The molecule has 0 fully saturated rings. The second-order valence-corrected chi connectivity index (χ2v) is 4.15. The van der Waals surface area contributed by atoms with Crippen molar-refractivity contribution in [3.05, 3.63) is 35.2 Å². The third-order valence-corrected chi connectivity index (χ3v) is 2.76. The fourth-order valence-electron chi connectivity index (χ4n) is 1.84. The molecule has 0 atom stereocenters. The van der Waals surface area contributed by atoms with Crippen molar-refractivity contribution < 1.29 is 14.1 Å². The molecular formula is C13H17N3O3. The minimum Gasteiger partial charge on any atom is -0.461 e. The highest BCUT2D eigenvalue weighted by Gasteiger charge is 2.17. The normalized spacial score (nSPS) is 10.7. The highest BCUT2D eigenvalue weighted by Crippen LogP contribution is 2.13. The molecule has 0 aliphatic rings. The molecule has 0 aromatic carbocycles. The molecule has 0 radical (unpaired) electrons. The van der Waals surface area contributed by atoms with Crippen LogP contribution in [0.25, 0.3) is 0 Å². The van der Waals surface area contributed by atoms with Crippen LogP contribution in [0, 0.1) is 6.92 Å². The molecule has 0 bridgehead atoms. The van der Waals surface area contributed by atoms with Gasteiger partial charge in [0.15, 0.2) is 5.82 Å². The van der Waals surface area contributed by atoms with Crippen molar-refractivity contribution in [3.63, 3.8) is 0 Å². The maximum Gasteiger partial charge on any atom is 0.355 e. The quantitative estimate of drug-likeness (QED) is 0.771.